The van der Waals surface area contributed by atoms with Gasteiger partial charge in [0.25, 0.3) is 0 Å². The highest BCUT2D eigenvalue weighted by Gasteiger charge is 2.21. The molecular formula is C48H56. The summed E-state index contributed by atoms with van der Waals surface area (Å²) in [5.41, 5.74) is 14.3. The molecule has 0 bridgehead atoms. The van der Waals surface area contributed by atoms with Crippen molar-refractivity contribution in [3.63, 3.8) is 0 Å². The van der Waals surface area contributed by atoms with Crippen LogP contribution in [0.2, 0.25) is 0 Å². The highest BCUT2D eigenvalue weighted by Crippen LogP contribution is 2.43. The van der Waals surface area contributed by atoms with Crippen LogP contribution >= 0.6 is 0 Å². The van der Waals surface area contributed by atoms with E-state index in [4.69, 9.17) is 0 Å². The molecule has 0 aromatic heterocycles. The van der Waals surface area contributed by atoms with E-state index in [1.807, 2.05) is 0 Å². The van der Waals surface area contributed by atoms with Crippen LogP contribution in [0.3, 0.4) is 0 Å². The molecule has 0 radical (unpaired) electrons. The van der Waals surface area contributed by atoms with Gasteiger partial charge in [-0.15, -0.1) is 0 Å². The highest BCUT2D eigenvalue weighted by atomic mass is 14.3. The van der Waals surface area contributed by atoms with Crippen molar-refractivity contribution >= 4 is 32.3 Å². The smallest absolute Gasteiger partial charge is 0.00990 e. The molecule has 0 fully saturated rings. The first-order valence-electron chi connectivity index (χ1n) is 18.5. The van der Waals surface area contributed by atoms with Crippen molar-refractivity contribution in [2.24, 2.45) is 0 Å². The molecule has 6 rings (SSSR count). The van der Waals surface area contributed by atoms with Gasteiger partial charge in [0.05, 0.1) is 0 Å². The Labute approximate surface area is 290 Å². The largest absolute Gasteiger partial charge is 0.0587 e. The third-order valence-corrected chi connectivity index (χ3v) is 10.7. The van der Waals surface area contributed by atoms with Crippen LogP contribution in [0.15, 0.2) is 84.9 Å². The Morgan fingerprint density at radius 2 is 0.583 bits per heavy atom. The van der Waals surface area contributed by atoms with Gasteiger partial charge < -0.3 is 0 Å². The first-order valence-corrected chi connectivity index (χ1v) is 18.5. The SMILES string of the molecule is CC(C)c1cc(C(C)C)c(-c2ccc3c(ccc4c5ccc(-c6c(C(C)C)cc(C(C)C)cc6C(C)C)cc5ccc34)c2)c(C(C)C)c1. The van der Waals surface area contributed by atoms with Crippen LogP contribution < -0.4 is 0 Å². The predicted molar refractivity (Wildman–Crippen MR) is 214 cm³/mol. The Morgan fingerprint density at radius 3 is 0.854 bits per heavy atom. The minimum atomic E-state index is 0.459. The summed E-state index contributed by atoms with van der Waals surface area (Å²) >= 11 is 0. The molecule has 6 aromatic carbocycles. The van der Waals surface area contributed by atoms with E-state index in [0.29, 0.717) is 35.5 Å². The molecular weight excluding hydrogens is 577 g/mol. The molecule has 0 spiro atoms. The van der Waals surface area contributed by atoms with Gasteiger partial charge in [-0.3, -0.25) is 0 Å². The van der Waals surface area contributed by atoms with Crippen LogP contribution in [0, 0.1) is 0 Å². The second kappa shape index (κ2) is 13.2. The quantitative estimate of drug-likeness (QED) is 0.146. The van der Waals surface area contributed by atoms with E-state index in [1.165, 1.54) is 88.0 Å². The average molecular weight is 633 g/mol. The molecule has 0 saturated carbocycles. The van der Waals surface area contributed by atoms with Crippen molar-refractivity contribution in [1.29, 1.82) is 0 Å². The summed E-state index contributed by atoms with van der Waals surface area (Å²) in [5.74, 6) is 2.87. The van der Waals surface area contributed by atoms with Crippen molar-refractivity contribution in [2.45, 2.75) is 119 Å². The maximum Gasteiger partial charge on any atom is -0.00990 e. The fraction of sp³-hybridized carbons (Fsp3) is 0.375. The van der Waals surface area contributed by atoms with Crippen molar-refractivity contribution in [2.75, 3.05) is 0 Å². The standard InChI is InChI=1S/C48H56/c1-27(2)37-23-43(29(5)6)47(44(24-37)30(7)8)35-15-17-39-33(21-35)13-19-42-40-18-16-36(22-34(40)14-20-41(39)42)48-45(31(9)10)25-38(28(3)4)26-46(48)32(11)12/h13-32H,1-12H3. The summed E-state index contributed by atoms with van der Waals surface area (Å²) in [7, 11) is 0. The molecule has 48 heavy (non-hydrogen) atoms. The monoisotopic (exact) mass is 632 g/mol. The summed E-state index contributed by atoms with van der Waals surface area (Å²) in [6, 6.07) is 33.6. The molecule has 0 heterocycles. The highest BCUT2D eigenvalue weighted by molar-refractivity contribution is 6.18. The summed E-state index contributed by atoms with van der Waals surface area (Å²) in [5, 5.41) is 7.92. The maximum atomic E-state index is 2.47. The minimum absolute atomic E-state index is 0.459. The molecule has 0 aliphatic rings. The number of benzene rings is 6. The van der Waals surface area contributed by atoms with Gasteiger partial charge >= 0.3 is 0 Å². The van der Waals surface area contributed by atoms with Crippen molar-refractivity contribution < 1.29 is 0 Å². The normalized spacial score (nSPS) is 12.5. The van der Waals surface area contributed by atoms with Crippen molar-refractivity contribution in [3.05, 3.63) is 118 Å². The molecule has 0 N–H and O–H groups in total. The van der Waals surface area contributed by atoms with Gasteiger partial charge in [0.2, 0.25) is 0 Å². The van der Waals surface area contributed by atoms with E-state index < -0.39 is 0 Å². The summed E-state index contributed by atoms with van der Waals surface area (Å²) in [6.45, 7) is 28.0. The van der Waals surface area contributed by atoms with Crippen molar-refractivity contribution in [3.8, 4) is 22.3 Å². The lowest BCUT2D eigenvalue weighted by molar-refractivity contribution is 0.807. The van der Waals surface area contributed by atoms with Crippen LogP contribution in [-0.2, 0) is 0 Å². The maximum absolute atomic E-state index is 2.47. The molecule has 0 aliphatic carbocycles. The van der Waals surface area contributed by atoms with Gasteiger partial charge in [-0.2, -0.15) is 0 Å². The molecule has 0 nitrogen and oxygen atoms in total. The summed E-state index contributed by atoms with van der Waals surface area (Å²) < 4.78 is 0. The lowest BCUT2D eigenvalue weighted by Gasteiger charge is -2.24. The number of fused-ring (bicyclic) bond motifs is 5. The predicted octanol–water partition coefficient (Wildman–Crippen LogP) is 15.2. The Kier molecular flexibility index (Phi) is 9.34. The molecule has 0 atom stereocenters. The Hall–Kier alpha value is -3.90. The van der Waals surface area contributed by atoms with Crippen molar-refractivity contribution in [1.82, 2.24) is 0 Å². The first kappa shape index (κ1) is 34.0. The Morgan fingerprint density at radius 1 is 0.292 bits per heavy atom. The van der Waals surface area contributed by atoms with E-state index >= 15 is 0 Å². The molecule has 6 aromatic rings. The van der Waals surface area contributed by atoms with E-state index in [0.717, 1.165) is 0 Å². The zero-order valence-corrected chi connectivity index (χ0v) is 31.5. The van der Waals surface area contributed by atoms with Gasteiger partial charge in [-0.05, 0) is 136 Å². The zero-order chi connectivity index (χ0) is 34.6. The van der Waals surface area contributed by atoms with Gasteiger partial charge in [-0.25, -0.2) is 0 Å². The van der Waals surface area contributed by atoms with Crippen LogP contribution in [-0.4, -0.2) is 0 Å². The minimum Gasteiger partial charge on any atom is -0.0587 e. The fourth-order valence-electron chi connectivity index (χ4n) is 7.78. The molecule has 0 saturated heterocycles. The van der Waals surface area contributed by atoms with Gasteiger partial charge in [-0.1, -0.05) is 156 Å². The van der Waals surface area contributed by atoms with Crippen LogP contribution in [0.5, 0.6) is 0 Å². The van der Waals surface area contributed by atoms with E-state index in [-0.39, 0.29) is 0 Å². The van der Waals surface area contributed by atoms with E-state index in [1.54, 1.807) is 0 Å². The zero-order valence-electron chi connectivity index (χ0n) is 31.5. The number of hydrogen-bond donors (Lipinski definition) is 0. The first-order chi connectivity index (χ1) is 22.8. The second-order valence-corrected chi connectivity index (χ2v) is 16.2. The lowest BCUT2D eigenvalue weighted by atomic mass is 9.81. The van der Waals surface area contributed by atoms with Crippen LogP contribution in [0.25, 0.3) is 54.6 Å². The Bertz CT molecular complexity index is 1920. The lowest BCUT2D eigenvalue weighted by Crippen LogP contribution is -2.03. The van der Waals surface area contributed by atoms with E-state index in [9.17, 15) is 0 Å². The molecule has 0 unspecified atom stereocenters. The molecule has 0 aliphatic heterocycles. The summed E-state index contributed by atoms with van der Waals surface area (Å²) in [4.78, 5) is 0. The van der Waals surface area contributed by atoms with Crippen LogP contribution in [0.4, 0.5) is 0 Å². The molecule has 248 valence electrons. The number of hydrogen-bond acceptors (Lipinski definition) is 0. The number of rotatable bonds is 8. The Balaban J connectivity index is 1.51. The second-order valence-electron chi connectivity index (χ2n) is 16.2. The third-order valence-electron chi connectivity index (χ3n) is 10.7. The van der Waals surface area contributed by atoms with Gasteiger partial charge in [0, 0.05) is 0 Å². The third kappa shape index (κ3) is 6.09. The van der Waals surface area contributed by atoms with Gasteiger partial charge in [0.1, 0.15) is 0 Å². The van der Waals surface area contributed by atoms with E-state index in [2.05, 4.69) is 168 Å². The average Bonchev–Trinajstić information content (AvgIpc) is 3.05. The molecule has 0 heteroatoms. The van der Waals surface area contributed by atoms with Crippen LogP contribution in [0.1, 0.15) is 152 Å². The van der Waals surface area contributed by atoms with Gasteiger partial charge in [0.15, 0.2) is 0 Å². The fourth-order valence-corrected chi connectivity index (χ4v) is 7.78. The molecule has 0 amide bonds. The summed E-state index contributed by atoms with van der Waals surface area (Å²) in [6.07, 6.45) is 0. The topological polar surface area (TPSA) is 0 Å².